The molecular weight excluding hydrogens is 410 g/mol. The lowest BCUT2D eigenvalue weighted by Gasteiger charge is -2.34. The van der Waals surface area contributed by atoms with Crippen LogP contribution in [-0.4, -0.2) is 64.3 Å². The molecule has 0 bridgehead atoms. The van der Waals surface area contributed by atoms with Gasteiger partial charge in [0.15, 0.2) is 0 Å². The molecular formula is C23H27N5O4. The SMILES string of the molecule is Cc1cc(C(=O)N2CCN(C(=O)Nc3cccc(OCCn4cccn4)c3)CC2)c(C)o1. The Balaban J connectivity index is 1.26. The highest BCUT2D eigenvalue weighted by molar-refractivity contribution is 5.95. The minimum absolute atomic E-state index is 0.0561. The number of nitrogens with one attached hydrogen (secondary N) is 1. The molecule has 0 unspecified atom stereocenters. The summed E-state index contributed by atoms with van der Waals surface area (Å²) in [5.41, 5.74) is 1.25. The van der Waals surface area contributed by atoms with Crippen molar-refractivity contribution >= 4 is 17.6 Å². The second-order valence-electron chi connectivity index (χ2n) is 7.68. The Bertz CT molecular complexity index is 1070. The zero-order chi connectivity index (χ0) is 22.5. The third-order valence-electron chi connectivity index (χ3n) is 5.36. The first-order valence-electron chi connectivity index (χ1n) is 10.6. The van der Waals surface area contributed by atoms with Crippen LogP contribution in [0.2, 0.25) is 0 Å². The van der Waals surface area contributed by atoms with Gasteiger partial charge in [0.05, 0.1) is 12.1 Å². The summed E-state index contributed by atoms with van der Waals surface area (Å²) in [6.07, 6.45) is 3.61. The number of nitrogens with zero attached hydrogens (tertiary/aromatic N) is 4. The maximum absolute atomic E-state index is 12.7. The number of urea groups is 1. The summed E-state index contributed by atoms with van der Waals surface area (Å²) in [5, 5.41) is 7.05. The molecule has 0 radical (unpaired) electrons. The fourth-order valence-electron chi connectivity index (χ4n) is 3.68. The molecule has 1 fully saturated rings. The summed E-state index contributed by atoms with van der Waals surface area (Å²) in [4.78, 5) is 28.9. The van der Waals surface area contributed by atoms with Crippen LogP contribution in [0, 0.1) is 13.8 Å². The number of amides is 3. The zero-order valence-corrected chi connectivity index (χ0v) is 18.3. The van der Waals surface area contributed by atoms with Crippen molar-refractivity contribution in [2.75, 3.05) is 38.1 Å². The van der Waals surface area contributed by atoms with Gasteiger partial charge in [-0.25, -0.2) is 4.79 Å². The maximum Gasteiger partial charge on any atom is 0.321 e. The van der Waals surface area contributed by atoms with E-state index in [2.05, 4.69) is 10.4 Å². The van der Waals surface area contributed by atoms with Gasteiger partial charge in [-0.3, -0.25) is 9.48 Å². The van der Waals surface area contributed by atoms with Crippen LogP contribution in [-0.2, 0) is 6.54 Å². The van der Waals surface area contributed by atoms with E-state index in [-0.39, 0.29) is 11.9 Å². The Labute approximate surface area is 186 Å². The first-order valence-corrected chi connectivity index (χ1v) is 10.6. The van der Waals surface area contributed by atoms with Crippen LogP contribution in [0.15, 0.2) is 53.2 Å². The second kappa shape index (κ2) is 9.59. The van der Waals surface area contributed by atoms with Crippen molar-refractivity contribution in [1.29, 1.82) is 0 Å². The summed E-state index contributed by atoms with van der Waals surface area (Å²) in [5.74, 6) is 1.96. The molecule has 1 aliphatic rings. The average Bonchev–Trinajstić information content (AvgIpc) is 3.42. The average molecular weight is 438 g/mol. The van der Waals surface area contributed by atoms with E-state index < -0.39 is 0 Å². The molecule has 4 rings (SSSR count). The van der Waals surface area contributed by atoms with Gasteiger partial charge in [-0.15, -0.1) is 0 Å². The fourth-order valence-corrected chi connectivity index (χ4v) is 3.68. The van der Waals surface area contributed by atoms with E-state index in [1.807, 2.05) is 37.4 Å². The van der Waals surface area contributed by atoms with E-state index in [1.54, 1.807) is 39.7 Å². The molecule has 9 heteroatoms. The topological polar surface area (TPSA) is 92.8 Å². The van der Waals surface area contributed by atoms with Crippen molar-refractivity contribution in [1.82, 2.24) is 19.6 Å². The molecule has 0 atom stereocenters. The quantitative estimate of drug-likeness (QED) is 0.640. The first-order chi connectivity index (χ1) is 15.5. The van der Waals surface area contributed by atoms with Crippen molar-refractivity contribution < 1.29 is 18.7 Å². The zero-order valence-electron chi connectivity index (χ0n) is 18.3. The lowest BCUT2D eigenvalue weighted by Crippen LogP contribution is -2.51. The Morgan fingerprint density at radius 3 is 2.56 bits per heavy atom. The van der Waals surface area contributed by atoms with Crippen LogP contribution >= 0.6 is 0 Å². The lowest BCUT2D eigenvalue weighted by molar-refractivity contribution is 0.0670. The highest BCUT2D eigenvalue weighted by Gasteiger charge is 2.26. The van der Waals surface area contributed by atoms with Gasteiger partial charge in [-0.05, 0) is 38.1 Å². The van der Waals surface area contributed by atoms with Gasteiger partial charge < -0.3 is 24.3 Å². The summed E-state index contributed by atoms with van der Waals surface area (Å²) < 4.78 is 13.0. The maximum atomic E-state index is 12.7. The molecule has 9 nitrogen and oxygen atoms in total. The number of benzene rings is 1. The molecule has 2 aromatic heterocycles. The van der Waals surface area contributed by atoms with E-state index in [1.165, 1.54) is 0 Å². The third kappa shape index (κ3) is 5.11. The van der Waals surface area contributed by atoms with E-state index in [0.29, 0.717) is 62.1 Å². The number of hydrogen-bond acceptors (Lipinski definition) is 5. The predicted molar refractivity (Wildman–Crippen MR) is 119 cm³/mol. The monoisotopic (exact) mass is 437 g/mol. The van der Waals surface area contributed by atoms with Gasteiger partial charge in [0, 0.05) is 50.3 Å². The van der Waals surface area contributed by atoms with Crippen molar-refractivity contribution in [2.45, 2.75) is 20.4 Å². The Kier molecular flexibility index (Phi) is 6.44. The van der Waals surface area contributed by atoms with Crippen molar-refractivity contribution in [3.05, 3.63) is 65.9 Å². The number of aromatic nitrogens is 2. The van der Waals surface area contributed by atoms with Crippen LogP contribution in [0.25, 0.3) is 0 Å². The van der Waals surface area contributed by atoms with Gasteiger partial charge in [-0.2, -0.15) is 5.10 Å². The smallest absolute Gasteiger partial charge is 0.321 e. The number of anilines is 1. The molecule has 1 N–H and O–H groups in total. The van der Waals surface area contributed by atoms with Crippen molar-refractivity contribution in [2.24, 2.45) is 0 Å². The number of piperazine rings is 1. The fraction of sp³-hybridized carbons (Fsp3) is 0.348. The molecule has 3 aromatic rings. The minimum atomic E-state index is -0.193. The molecule has 168 valence electrons. The minimum Gasteiger partial charge on any atom is -0.492 e. The molecule has 0 saturated carbocycles. The number of aryl methyl sites for hydroxylation is 2. The van der Waals surface area contributed by atoms with E-state index in [9.17, 15) is 9.59 Å². The lowest BCUT2D eigenvalue weighted by atomic mass is 10.2. The van der Waals surface area contributed by atoms with Gasteiger partial charge in [0.2, 0.25) is 0 Å². The van der Waals surface area contributed by atoms with Crippen LogP contribution in [0.4, 0.5) is 10.5 Å². The van der Waals surface area contributed by atoms with Crippen LogP contribution in [0.3, 0.4) is 0 Å². The number of rotatable bonds is 6. The van der Waals surface area contributed by atoms with Gasteiger partial charge in [-0.1, -0.05) is 6.07 Å². The van der Waals surface area contributed by atoms with Crippen LogP contribution < -0.4 is 10.1 Å². The standard InChI is InChI=1S/C23H27N5O4/c1-17-15-21(18(2)32-17)22(29)26-9-11-27(12-10-26)23(30)25-19-5-3-6-20(16-19)31-14-13-28-8-4-7-24-28/h3-8,15-16H,9-14H2,1-2H3,(H,25,30). The third-order valence-corrected chi connectivity index (χ3v) is 5.36. The first kappa shape index (κ1) is 21.5. The molecule has 1 saturated heterocycles. The molecule has 3 heterocycles. The summed E-state index contributed by atoms with van der Waals surface area (Å²) >= 11 is 0. The molecule has 1 aromatic carbocycles. The van der Waals surface area contributed by atoms with Crippen molar-refractivity contribution in [3.8, 4) is 5.75 Å². The highest BCUT2D eigenvalue weighted by Crippen LogP contribution is 2.19. The van der Waals surface area contributed by atoms with E-state index in [4.69, 9.17) is 9.15 Å². The van der Waals surface area contributed by atoms with Crippen LogP contribution in [0.5, 0.6) is 5.75 Å². The van der Waals surface area contributed by atoms with Gasteiger partial charge in [0.1, 0.15) is 23.9 Å². The number of furan rings is 1. The normalized spacial score (nSPS) is 13.8. The Morgan fingerprint density at radius 2 is 1.88 bits per heavy atom. The molecule has 0 spiro atoms. The summed E-state index contributed by atoms with van der Waals surface area (Å²) in [6.45, 7) is 6.62. The summed E-state index contributed by atoms with van der Waals surface area (Å²) in [7, 11) is 0. The number of carbonyl (C=O) groups is 2. The predicted octanol–water partition coefficient (Wildman–Crippen LogP) is 3.16. The second-order valence-corrected chi connectivity index (χ2v) is 7.68. The van der Waals surface area contributed by atoms with Gasteiger partial charge >= 0.3 is 6.03 Å². The van der Waals surface area contributed by atoms with Crippen LogP contribution in [0.1, 0.15) is 21.9 Å². The number of carbonyl (C=O) groups excluding carboxylic acids is 2. The Hall–Kier alpha value is -3.75. The molecule has 1 aliphatic heterocycles. The van der Waals surface area contributed by atoms with Crippen molar-refractivity contribution in [3.63, 3.8) is 0 Å². The van der Waals surface area contributed by atoms with E-state index >= 15 is 0 Å². The highest BCUT2D eigenvalue weighted by atomic mass is 16.5. The number of ether oxygens (including phenoxy) is 1. The summed E-state index contributed by atoms with van der Waals surface area (Å²) in [6, 6.07) is 10.7. The van der Waals surface area contributed by atoms with Gasteiger partial charge in [0.25, 0.3) is 5.91 Å². The van der Waals surface area contributed by atoms with E-state index in [0.717, 1.165) is 5.76 Å². The largest absolute Gasteiger partial charge is 0.492 e. The Morgan fingerprint density at radius 1 is 1.09 bits per heavy atom. The molecule has 32 heavy (non-hydrogen) atoms. The molecule has 0 aliphatic carbocycles. The molecule has 3 amide bonds. The number of hydrogen-bond donors (Lipinski definition) is 1.